The highest BCUT2D eigenvalue weighted by molar-refractivity contribution is 6.31. The number of rotatable bonds is 5. The molecule has 1 amide bonds. The highest BCUT2D eigenvalue weighted by atomic mass is 35.5. The maximum absolute atomic E-state index is 11.6. The molecule has 1 atom stereocenters. The van der Waals surface area contributed by atoms with Gasteiger partial charge in [-0.15, -0.1) is 0 Å². The average Bonchev–Trinajstić information content (AvgIpc) is 2.52. The molecule has 0 aromatic heterocycles. The Kier molecular flexibility index (Phi) is 5.82. The van der Waals surface area contributed by atoms with Crippen molar-refractivity contribution in [2.24, 2.45) is 5.92 Å². The van der Waals surface area contributed by atoms with Crippen LogP contribution in [0.1, 0.15) is 50.6 Å². The highest BCUT2D eigenvalue weighted by Gasteiger charge is 2.27. The summed E-state index contributed by atoms with van der Waals surface area (Å²) in [5.74, 6) is 0.374. The molecule has 1 aliphatic rings. The number of carbonyl (C=O) groups is 1. The zero-order valence-electron chi connectivity index (χ0n) is 13.1. The number of amides is 1. The summed E-state index contributed by atoms with van der Waals surface area (Å²) >= 11 is 6.14. The molecule has 23 heavy (non-hydrogen) atoms. The first-order chi connectivity index (χ1) is 10.9. The SMILES string of the molecule is CC(c1ccc([N+](=O)[O-])cc1Cl)N(CC1CCCCC1)C(=O)O. The normalized spacial score (nSPS) is 16.8. The Morgan fingerprint density at radius 3 is 2.61 bits per heavy atom. The van der Waals surface area contributed by atoms with Crippen molar-refractivity contribution in [1.82, 2.24) is 4.90 Å². The van der Waals surface area contributed by atoms with Gasteiger partial charge in [-0.05, 0) is 37.3 Å². The van der Waals surface area contributed by atoms with Crippen LogP contribution in [0.25, 0.3) is 0 Å². The third kappa shape index (κ3) is 4.34. The van der Waals surface area contributed by atoms with Gasteiger partial charge in [0.05, 0.1) is 16.0 Å². The van der Waals surface area contributed by atoms with E-state index in [1.165, 1.54) is 23.5 Å². The van der Waals surface area contributed by atoms with Crippen molar-refractivity contribution < 1.29 is 14.8 Å². The maximum atomic E-state index is 11.6. The summed E-state index contributed by atoms with van der Waals surface area (Å²) < 4.78 is 0. The van der Waals surface area contributed by atoms with Crippen LogP contribution in [-0.4, -0.2) is 27.6 Å². The van der Waals surface area contributed by atoms with Gasteiger partial charge in [0.15, 0.2) is 0 Å². The second-order valence-electron chi connectivity index (χ2n) is 6.08. The fraction of sp³-hybridized carbons (Fsp3) is 0.562. The van der Waals surface area contributed by atoms with Crippen LogP contribution in [0.15, 0.2) is 18.2 Å². The molecular formula is C16H21ClN2O4. The standard InChI is InChI=1S/C16H21ClN2O4/c1-11(14-8-7-13(19(22)23)9-15(14)17)18(16(20)21)10-12-5-3-2-4-6-12/h7-9,11-12H,2-6,10H2,1H3,(H,20,21). The second-order valence-corrected chi connectivity index (χ2v) is 6.49. The monoisotopic (exact) mass is 340 g/mol. The summed E-state index contributed by atoms with van der Waals surface area (Å²) in [6, 6.07) is 3.73. The van der Waals surface area contributed by atoms with E-state index in [-0.39, 0.29) is 10.7 Å². The fourth-order valence-corrected chi connectivity index (χ4v) is 3.52. The average molecular weight is 341 g/mol. The summed E-state index contributed by atoms with van der Waals surface area (Å²) in [5.41, 5.74) is 0.496. The molecule has 0 radical (unpaired) electrons. The molecule has 7 heteroatoms. The summed E-state index contributed by atoms with van der Waals surface area (Å²) in [6.07, 6.45) is 4.61. The van der Waals surface area contributed by atoms with Crippen LogP contribution < -0.4 is 0 Å². The first kappa shape index (κ1) is 17.5. The minimum atomic E-state index is -0.988. The zero-order valence-corrected chi connectivity index (χ0v) is 13.8. The Bertz CT molecular complexity index is 587. The van der Waals surface area contributed by atoms with E-state index in [1.807, 2.05) is 0 Å². The fourth-order valence-electron chi connectivity index (χ4n) is 3.19. The van der Waals surface area contributed by atoms with Crippen LogP contribution in [0.5, 0.6) is 0 Å². The zero-order chi connectivity index (χ0) is 17.0. The highest BCUT2D eigenvalue weighted by Crippen LogP contribution is 2.33. The number of hydrogen-bond acceptors (Lipinski definition) is 3. The van der Waals surface area contributed by atoms with Crippen molar-refractivity contribution in [3.8, 4) is 0 Å². The molecule has 126 valence electrons. The Morgan fingerprint density at radius 2 is 2.09 bits per heavy atom. The van der Waals surface area contributed by atoms with Crippen LogP contribution in [0.3, 0.4) is 0 Å². The van der Waals surface area contributed by atoms with Crippen LogP contribution >= 0.6 is 11.6 Å². The number of non-ortho nitro benzene ring substituents is 1. The van der Waals surface area contributed by atoms with E-state index < -0.39 is 17.1 Å². The molecular weight excluding hydrogens is 320 g/mol. The van der Waals surface area contributed by atoms with Gasteiger partial charge >= 0.3 is 6.09 Å². The molecule has 1 aromatic carbocycles. The molecule has 1 saturated carbocycles. The number of nitro benzene ring substituents is 1. The molecule has 1 aromatic rings. The van der Waals surface area contributed by atoms with E-state index in [4.69, 9.17) is 11.6 Å². The summed E-state index contributed by atoms with van der Waals surface area (Å²) in [5, 5.41) is 20.5. The molecule has 6 nitrogen and oxygen atoms in total. The molecule has 1 fully saturated rings. The van der Waals surface area contributed by atoms with Gasteiger partial charge in [0.1, 0.15) is 0 Å². The van der Waals surface area contributed by atoms with Gasteiger partial charge in [-0.3, -0.25) is 10.1 Å². The molecule has 0 spiro atoms. The van der Waals surface area contributed by atoms with E-state index in [9.17, 15) is 20.0 Å². The first-order valence-electron chi connectivity index (χ1n) is 7.83. The number of nitro groups is 1. The molecule has 0 saturated heterocycles. The van der Waals surface area contributed by atoms with Crippen molar-refractivity contribution in [3.05, 3.63) is 38.9 Å². The van der Waals surface area contributed by atoms with Gasteiger partial charge < -0.3 is 10.0 Å². The minimum absolute atomic E-state index is 0.0971. The number of benzene rings is 1. The number of nitrogens with zero attached hydrogens (tertiary/aromatic N) is 2. The summed E-state index contributed by atoms with van der Waals surface area (Å²) in [7, 11) is 0. The predicted octanol–water partition coefficient (Wildman–Crippen LogP) is 4.87. The Hall–Kier alpha value is -1.82. The van der Waals surface area contributed by atoms with Gasteiger partial charge in [0, 0.05) is 18.7 Å². The number of hydrogen-bond donors (Lipinski definition) is 1. The Balaban J connectivity index is 2.18. The second kappa shape index (κ2) is 7.64. The largest absolute Gasteiger partial charge is 0.465 e. The third-order valence-corrected chi connectivity index (χ3v) is 4.87. The van der Waals surface area contributed by atoms with Crippen molar-refractivity contribution in [3.63, 3.8) is 0 Å². The van der Waals surface area contributed by atoms with Gasteiger partial charge in [-0.2, -0.15) is 0 Å². The van der Waals surface area contributed by atoms with Crippen molar-refractivity contribution >= 4 is 23.4 Å². The van der Waals surface area contributed by atoms with Gasteiger partial charge in [0.25, 0.3) is 5.69 Å². The Morgan fingerprint density at radius 1 is 1.43 bits per heavy atom. The van der Waals surface area contributed by atoms with Crippen LogP contribution in [0, 0.1) is 16.0 Å². The van der Waals surface area contributed by atoms with E-state index >= 15 is 0 Å². The molecule has 1 N–H and O–H groups in total. The van der Waals surface area contributed by atoms with Crippen LogP contribution in [0.4, 0.5) is 10.5 Å². The lowest BCUT2D eigenvalue weighted by Crippen LogP contribution is -2.37. The lowest BCUT2D eigenvalue weighted by atomic mass is 9.88. The lowest BCUT2D eigenvalue weighted by molar-refractivity contribution is -0.384. The van der Waals surface area contributed by atoms with E-state index in [1.54, 1.807) is 13.0 Å². The van der Waals surface area contributed by atoms with Crippen molar-refractivity contribution in [1.29, 1.82) is 0 Å². The van der Waals surface area contributed by atoms with Gasteiger partial charge in [-0.1, -0.05) is 30.9 Å². The van der Waals surface area contributed by atoms with E-state index in [2.05, 4.69) is 0 Å². The number of halogens is 1. The smallest absolute Gasteiger partial charge is 0.407 e. The maximum Gasteiger partial charge on any atom is 0.407 e. The van der Waals surface area contributed by atoms with Gasteiger partial charge in [0.2, 0.25) is 0 Å². The molecule has 0 bridgehead atoms. The lowest BCUT2D eigenvalue weighted by Gasteiger charge is -2.32. The van der Waals surface area contributed by atoms with Crippen molar-refractivity contribution in [2.45, 2.75) is 45.1 Å². The summed E-state index contributed by atoms with van der Waals surface area (Å²) in [6.45, 7) is 2.24. The number of carboxylic acid groups (broad SMARTS) is 1. The molecule has 0 aliphatic heterocycles. The van der Waals surface area contributed by atoms with E-state index in [0.29, 0.717) is 18.0 Å². The third-order valence-electron chi connectivity index (χ3n) is 4.54. The van der Waals surface area contributed by atoms with Crippen molar-refractivity contribution in [2.75, 3.05) is 6.54 Å². The molecule has 1 aliphatic carbocycles. The Labute approximate surface area is 140 Å². The van der Waals surface area contributed by atoms with Crippen LogP contribution in [-0.2, 0) is 0 Å². The van der Waals surface area contributed by atoms with Gasteiger partial charge in [-0.25, -0.2) is 4.79 Å². The van der Waals surface area contributed by atoms with E-state index in [0.717, 1.165) is 25.7 Å². The summed E-state index contributed by atoms with van der Waals surface area (Å²) in [4.78, 5) is 23.3. The molecule has 1 unspecified atom stereocenters. The topological polar surface area (TPSA) is 83.7 Å². The first-order valence-corrected chi connectivity index (χ1v) is 8.21. The quantitative estimate of drug-likeness (QED) is 0.612. The molecule has 2 rings (SSSR count). The predicted molar refractivity (Wildman–Crippen MR) is 87.8 cm³/mol. The minimum Gasteiger partial charge on any atom is -0.465 e. The molecule has 0 heterocycles. The van der Waals surface area contributed by atoms with Crippen LogP contribution in [0.2, 0.25) is 5.02 Å².